The van der Waals surface area contributed by atoms with Crippen LogP contribution in [0.3, 0.4) is 0 Å². The Labute approximate surface area is 166 Å². The van der Waals surface area contributed by atoms with Gasteiger partial charge in [0.1, 0.15) is 12.5 Å². The lowest BCUT2D eigenvalue weighted by Crippen LogP contribution is -2.38. The van der Waals surface area contributed by atoms with Gasteiger partial charge in [-0.25, -0.2) is 0 Å². The maximum absolute atomic E-state index is 12.8. The molecule has 1 aromatic rings. The summed E-state index contributed by atoms with van der Waals surface area (Å²) in [5, 5.41) is 12.1. The first-order valence-corrected chi connectivity index (χ1v) is 9.21. The zero-order valence-corrected chi connectivity index (χ0v) is 16.0. The third-order valence-electron chi connectivity index (χ3n) is 4.63. The summed E-state index contributed by atoms with van der Waals surface area (Å²) in [6.45, 7) is 1.62. The number of carbonyl (C=O) groups is 3. The van der Waals surface area contributed by atoms with Gasteiger partial charge in [0, 0.05) is 17.3 Å². The quantitative estimate of drug-likeness (QED) is 0.578. The molecule has 1 aliphatic carbocycles. The van der Waals surface area contributed by atoms with Crippen LogP contribution < -0.4 is 5.32 Å². The maximum Gasteiger partial charge on any atom is 0.323 e. The molecule has 0 radical (unpaired) electrons. The number of likely N-dealkylation sites (tertiary alicyclic amines) is 1. The predicted octanol–water partition coefficient (Wildman–Crippen LogP) is 2.63. The highest BCUT2D eigenvalue weighted by atomic mass is 35.5. The van der Waals surface area contributed by atoms with E-state index in [1.54, 1.807) is 24.3 Å². The molecule has 2 aliphatic rings. The van der Waals surface area contributed by atoms with Gasteiger partial charge in [0.15, 0.2) is 0 Å². The van der Waals surface area contributed by atoms with E-state index in [9.17, 15) is 14.4 Å². The zero-order chi connectivity index (χ0) is 19.7. The number of halogens is 2. The van der Waals surface area contributed by atoms with E-state index in [0.29, 0.717) is 22.7 Å². The average Bonchev–Trinajstić information content (AvgIpc) is 2.86. The smallest absolute Gasteiger partial charge is 0.323 e. The molecule has 0 aromatic heterocycles. The first-order valence-electron chi connectivity index (χ1n) is 8.40. The van der Waals surface area contributed by atoms with Crippen molar-refractivity contribution in [3.63, 3.8) is 0 Å². The van der Waals surface area contributed by atoms with Gasteiger partial charge in [-0.05, 0) is 42.2 Å². The van der Waals surface area contributed by atoms with Crippen molar-refractivity contribution in [2.45, 2.75) is 25.3 Å². The molecule has 8 heteroatoms. The number of carboxylic acid groups (broad SMARTS) is 1. The second kappa shape index (κ2) is 7.74. The van der Waals surface area contributed by atoms with Crippen molar-refractivity contribution in [3.05, 3.63) is 57.8 Å². The fourth-order valence-corrected chi connectivity index (χ4v) is 3.69. The topological polar surface area (TPSA) is 86.7 Å². The number of alkyl halides is 1. The molecular weight excluding hydrogens is 391 g/mol. The van der Waals surface area contributed by atoms with Crippen LogP contribution in [-0.4, -0.2) is 39.7 Å². The van der Waals surface area contributed by atoms with Crippen molar-refractivity contribution in [3.8, 4) is 0 Å². The second-order valence-electron chi connectivity index (χ2n) is 6.50. The van der Waals surface area contributed by atoms with Gasteiger partial charge in [0.05, 0.1) is 5.38 Å². The van der Waals surface area contributed by atoms with Crippen LogP contribution in [0.25, 0.3) is 0 Å². The molecule has 2 atom stereocenters. The van der Waals surface area contributed by atoms with E-state index in [2.05, 4.69) is 5.32 Å². The molecule has 0 spiro atoms. The van der Waals surface area contributed by atoms with Crippen molar-refractivity contribution < 1.29 is 19.5 Å². The number of nitrogens with one attached hydrogen (secondary N) is 1. The highest BCUT2D eigenvalue weighted by molar-refractivity contribution is 6.30. The standard InChI is InChI=1S/C19H18Cl2N2O4/c1-10-2-3-12(20)6-11(10)8-22-18(26)17-14-7-13(21)4-5-15(14)23(19(17)27)9-16(24)25/h2-3,5-7,13,17H,4,8-9H2,1H3,(H,22,26)(H,24,25). The van der Waals surface area contributed by atoms with Gasteiger partial charge in [0.25, 0.3) is 0 Å². The molecule has 2 amide bonds. The predicted molar refractivity (Wildman–Crippen MR) is 101 cm³/mol. The summed E-state index contributed by atoms with van der Waals surface area (Å²) in [6, 6.07) is 5.36. The van der Waals surface area contributed by atoms with Crippen LogP contribution in [0.5, 0.6) is 0 Å². The van der Waals surface area contributed by atoms with Crippen LogP contribution in [0.1, 0.15) is 17.5 Å². The van der Waals surface area contributed by atoms with Gasteiger partial charge in [-0.15, -0.1) is 11.6 Å². The van der Waals surface area contributed by atoms with Crippen LogP contribution in [0.2, 0.25) is 5.02 Å². The number of aliphatic carboxylic acids is 1. The largest absolute Gasteiger partial charge is 0.480 e. The SMILES string of the molecule is Cc1ccc(Cl)cc1CNC(=O)C1C(=O)N(CC(=O)O)C2=CCC(Cl)C=C21. The Balaban J connectivity index is 1.82. The highest BCUT2D eigenvalue weighted by Gasteiger charge is 2.46. The van der Waals surface area contributed by atoms with Crippen LogP contribution in [0, 0.1) is 12.8 Å². The number of fused-ring (bicyclic) bond motifs is 1. The molecule has 2 unspecified atom stereocenters. The number of carbonyl (C=O) groups excluding carboxylic acids is 2. The van der Waals surface area contributed by atoms with E-state index in [1.165, 1.54) is 0 Å². The van der Waals surface area contributed by atoms with Gasteiger partial charge >= 0.3 is 5.97 Å². The van der Waals surface area contributed by atoms with E-state index < -0.39 is 30.2 Å². The molecule has 3 rings (SSSR count). The fourth-order valence-electron chi connectivity index (χ4n) is 3.27. The van der Waals surface area contributed by atoms with Gasteiger partial charge in [-0.2, -0.15) is 0 Å². The van der Waals surface area contributed by atoms with Crippen LogP contribution >= 0.6 is 23.2 Å². The van der Waals surface area contributed by atoms with E-state index >= 15 is 0 Å². The first kappa shape index (κ1) is 19.5. The lowest BCUT2D eigenvalue weighted by atomic mass is 9.94. The number of benzene rings is 1. The molecule has 2 N–H and O–H groups in total. The molecule has 0 saturated carbocycles. The third-order valence-corrected chi connectivity index (χ3v) is 5.17. The lowest BCUT2D eigenvalue weighted by molar-refractivity contribution is -0.144. The Bertz CT molecular complexity index is 878. The minimum absolute atomic E-state index is 0.213. The average molecular weight is 409 g/mol. The number of amides is 2. The lowest BCUT2D eigenvalue weighted by Gasteiger charge is -2.18. The molecule has 1 fully saturated rings. The number of nitrogens with zero attached hydrogens (tertiary/aromatic N) is 1. The van der Waals surface area contributed by atoms with Crippen LogP contribution in [-0.2, 0) is 20.9 Å². The number of carboxylic acids is 1. The van der Waals surface area contributed by atoms with Gasteiger partial charge in [0.2, 0.25) is 11.8 Å². The number of rotatable bonds is 5. The van der Waals surface area contributed by atoms with Gasteiger partial charge in [-0.1, -0.05) is 29.8 Å². The van der Waals surface area contributed by atoms with E-state index in [-0.39, 0.29) is 11.9 Å². The number of hydrogen-bond donors (Lipinski definition) is 2. The Kier molecular flexibility index (Phi) is 5.58. The van der Waals surface area contributed by atoms with E-state index in [4.69, 9.17) is 28.3 Å². The molecule has 1 aromatic carbocycles. The van der Waals surface area contributed by atoms with Gasteiger partial charge < -0.3 is 15.3 Å². The van der Waals surface area contributed by atoms with Crippen molar-refractivity contribution in [1.82, 2.24) is 10.2 Å². The normalized spacial score (nSPS) is 21.4. The molecule has 1 heterocycles. The molecule has 1 saturated heterocycles. The van der Waals surface area contributed by atoms with Gasteiger partial charge in [-0.3, -0.25) is 14.4 Å². The van der Waals surface area contributed by atoms with Crippen molar-refractivity contribution in [1.29, 1.82) is 0 Å². The monoisotopic (exact) mass is 408 g/mol. The fraction of sp³-hybridized carbons (Fsp3) is 0.316. The summed E-state index contributed by atoms with van der Waals surface area (Å²) < 4.78 is 0. The maximum atomic E-state index is 12.8. The Hall–Kier alpha value is -2.31. The van der Waals surface area contributed by atoms with E-state index in [0.717, 1.165) is 16.0 Å². The van der Waals surface area contributed by atoms with Crippen molar-refractivity contribution in [2.75, 3.05) is 6.54 Å². The Morgan fingerprint density at radius 1 is 1.37 bits per heavy atom. The van der Waals surface area contributed by atoms with Crippen LogP contribution in [0.4, 0.5) is 0 Å². The summed E-state index contributed by atoms with van der Waals surface area (Å²) in [5.41, 5.74) is 2.72. The molecule has 27 heavy (non-hydrogen) atoms. The van der Waals surface area contributed by atoms with Crippen LogP contribution in [0.15, 0.2) is 41.6 Å². The number of hydrogen-bond acceptors (Lipinski definition) is 3. The summed E-state index contributed by atoms with van der Waals surface area (Å²) in [6.07, 6.45) is 3.84. The number of allylic oxidation sites excluding steroid dienone is 3. The Morgan fingerprint density at radius 3 is 2.81 bits per heavy atom. The summed E-state index contributed by atoms with van der Waals surface area (Å²) in [5.74, 6) is -3.29. The summed E-state index contributed by atoms with van der Waals surface area (Å²) in [4.78, 5) is 37.8. The molecule has 142 valence electrons. The minimum Gasteiger partial charge on any atom is -0.480 e. The molecule has 1 aliphatic heterocycles. The van der Waals surface area contributed by atoms with Crippen molar-refractivity contribution in [2.24, 2.45) is 5.92 Å². The number of aryl methyl sites for hydroxylation is 1. The summed E-state index contributed by atoms with van der Waals surface area (Å²) in [7, 11) is 0. The Morgan fingerprint density at radius 2 is 2.11 bits per heavy atom. The molecule has 0 bridgehead atoms. The second-order valence-corrected chi connectivity index (χ2v) is 7.50. The zero-order valence-electron chi connectivity index (χ0n) is 14.5. The highest BCUT2D eigenvalue weighted by Crippen LogP contribution is 2.38. The van der Waals surface area contributed by atoms with Crippen molar-refractivity contribution >= 4 is 41.0 Å². The van der Waals surface area contributed by atoms with E-state index in [1.807, 2.05) is 13.0 Å². The summed E-state index contributed by atoms with van der Waals surface area (Å²) >= 11 is 12.1. The molecule has 6 nitrogen and oxygen atoms in total. The molecular formula is C19H18Cl2N2O4. The third kappa shape index (κ3) is 4.01. The minimum atomic E-state index is -1.15. The first-order chi connectivity index (χ1) is 12.8.